The fraction of sp³-hybridized carbons (Fsp3) is 0.333. The Bertz CT molecular complexity index is 567. The van der Waals surface area contributed by atoms with E-state index in [0.29, 0.717) is 12.5 Å². The van der Waals surface area contributed by atoms with Crippen molar-refractivity contribution < 1.29 is 9.47 Å². The lowest BCUT2D eigenvalue weighted by Gasteiger charge is -2.14. The van der Waals surface area contributed by atoms with Crippen LogP contribution in [-0.4, -0.2) is 20.3 Å². The molecule has 0 aliphatic heterocycles. The number of methoxy groups -OCH3 is 1. The summed E-state index contributed by atoms with van der Waals surface area (Å²) in [5, 5.41) is 3.33. The molecular formula is C18H23NO2. The van der Waals surface area contributed by atoms with Gasteiger partial charge in [-0.05, 0) is 29.7 Å². The molecule has 0 aliphatic rings. The number of nitrogens with one attached hydrogen (secondary N) is 1. The maximum atomic E-state index is 5.88. The molecule has 21 heavy (non-hydrogen) atoms. The van der Waals surface area contributed by atoms with Gasteiger partial charge in [0.2, 0.25) is 0 Å². The molecule has 2 aromatic carbocycles. The summed E-state index contributed by atoms with van der Waals surface area (Å²) in [6.45, 7) is 5.73. The van der Waals surface area contributed by atoms with Crippen molar-refractivity contribution in [1.82, 2.24) is 0 Å². The smallest absolute Gasteiger partial charge is 0.122 e. The van der Waals surface area contributed by atoms with Gasteiger partial charge >= 0.3 is 0 Å². The molecule has 0 spiro atoms. The van der Waals surface area contributed by atoms with Crippen LogP contribution in [0.5, 0.6) is 11.5 Å². The number of benzene rings is 2. The van der Waals surface area contributed by atoms with Gasteiger partial charge in [0.1, 0.15) is 18.1 Å². The van der Waals surface area contributed by atoms with E-state index in [1.807, 2.05) is 36.4 Å². The van der Waals surface area contributed by atoms with Crippen LogP contribution in [0.25, 0.3) is 0 Å². The van der Waals surface area contributed by atoms with Crippen LogP contribution in [0.15, 0.2) is 48.5 Å². The lowest BCUT2D eigenvalue weighted by Crippen LogP contribution is -2.12. The van der Waals surface area contributed by atoms with Crippen molar-refractivity contribution in [3.8, 4) is 11.5 Å². The van der Waals surface area contributed by atoms with E-state index < -0.39 is 0 Å². The van der Waals surface area contributed by atoms with E-state index in [-0.39, 0.29) is 0 Å². The van der Waals surface area contributed by atoms with Gasteiger partial charge in [-0.3, -0.25) is 0 Å². The second kappa shape index (κ2) is 7.58. The lowest BCUT2D eigenvalue weighted by molar-refractivity contribution is 0.328. The molecule has 3 heteroatoms. The number of anilines is 1. The first-order valence-corrected chi connectivity index (χ1v) is 7.30. The molecule has 2 aromatic rings. The maximum absolute atomic E-state index is 5.88. The van der Waals surface area contributed by atoms with Crippen LogP contribution >= 0.6 is 0 Å². The normalized spacial score (nSPS) is 10.5. The lowest BCUT2D eigenvalue weighted by atomic mass is 10.0. The molecule has 0 aliphatic carbocycles. The van der Waals surface area contributed by atoms with Crippen LogP contribution in [0.3, 0.4) is 0 Å². The molecule has 0 amide bonds. The predicted octanol–water partition coefficient (Wildman–Crippen LogP) is 4.31. The highest BCUT2D eigenvalue weighted by molar-refractivity contribution is 5.48. The Morgan fingerprint density at radius 3 is 2.62 bits per heavy atom. The summed E-state index contributed by atoms with van der Waals surface area (Å²) >= 11 is 0. The summed E-state index contributed by atoms with van der Waals surface area (Å²) in [7, 11) is 1.67. The molecule has 112 valence electrons. The van der Waals surface area contributed by atoms with Gasteiger partial charge in [0.05, 0.1) is 7.11 Å². The minimum absolute atomic E-state index is 0.465. The van der Waals surface area contributed by atoms with E-state index in [9.17, 15) is 0 Å². The van der Waals surface area contributed by atoms with Crippen molar-refractivity contribution in [3.63, 3.8) is 0 Å². The first-order valence-electron chi connectivity index (χ1n) is 7.30. The Balaban J connectivity index is 1.85. The summed E-state index contributed by atoms with van der Waals surface area (Å²) in [5.74, 6) is 2.29. The van der Waals surface area contributed by atoms with Gasteiger partial charge in [-0.15, -0.1) is 0 Å². The molecule has 2 rings (SSSR count). The topological polar surface area (TPSA) is 30.5 Å². The molecule has 0 radical (unpaired) electrons. The third-order valence-corrected chi connectivity index (χ3v) is 3.30. The Kier molecular flexibility index (Phi) is 5.50. The fourth-order valence-corrected chi connectivity index (χ4v) is 2.18. The van der Waals surface area contributed by atoms with Crippen molar-refractivity contribution in [2.75, 3.05) is 25.6 Å². The number of hydrogen-bond acceptors (Lipinski definition) is 3. The standard InChI is InChI=1S/C18H23NO2/c1-14(2)17-9-4-5-10-18(17)21-12-11-19-15-7-6-8-16(13-15)20-3/h4-10,13-14,19H,11-12H2,1-3H3. The Labute approximate surface area is 126 Å². The number of para-hydroxylation sites is 1. The van der Waals surface area contributed by atoms with Crippen molar-refractivity contribution in [1.29, 1.82) is 0 Å². The molecule has 0 heterocycles. The number of rotatable bonds is 7. The van der Waals surface area contributed by atoms with Crippen LogP contribution in [0.4, 0.5) is 5.69 Å². The van der Waals surface area contributed by atoms with Gasteiger partial charge in [0.15, 0.2) is 0 Å². The second-order valence-corrected chi connectivity index (χ2v) is 5.20. The molecule has 0 saturated carbocycles. The van der Waals surface area contributed by atoms with E-state index in [1.165, 1.54) is 5.56 Å². The average molecular weight is 285 g/mol. The predicted molar refractivity (Wildman–Crippen MR) is 87.5 cm³/mol. The highest BCUT2D eigenvalue weighted by Gasteiger charge is 2.06. The van der Waals surface area contributed by atoms with E-state index >= 15 is 0 Å². The van der Waals surface area contributed by atoms with E-state index in [0.717, 1.165) is 23.7 Å². The quantitative estimate of drug-likeness (QED) is 0.769. The zero-order valence-electron chi connectivity index (χ0n) is 12.9. The molecular weight excluding hydrogens is 262 g/mol. The average Bonchev–Trinajstić information content (AvgIpc) is 2.52. The van der Waals surface area contributed by atoms with Crippen LogP contribution in [0, 0.1) is 0 Å². The SMILES string of the molecule is COc1cccc(NCCOc2ccccc2C(C)C)c1. The summed E-state index contributed by atoms with van der Waals surface area (Å²) in [5.41, 5.74) is 2.29. The largest absolute Gasteiger partial charge is 0.497 e. The summed E-state index contributed by atoms with van der Waals surface area (Å²) in [4.78, 5) is 0. The van der Waals surface area contributed by atoms with Crippen molar-refractivity contribution in [3.05, 3.63) is 54.1 Å². The van der Waals surface area contributed by atoms with Gasteiger partial charge in [-0.25, -0.2) is 0 Å². The Morgan fingerprint density at radius 2 is 1.86 bits per heavy atom. The molecule has 3 nitrogen and oxygen atoms in total. The third kappa shape index (κ3) is 4.42. The van der Waals surface area contributed by atoms with Gasteiger partial charge in [0.25, 0.3) is 0 Å². The first kappa shape index (κ1) is 15.2. The van der Waals surface area contributed by atoms with Crippen LogP contribution in [-0.2, 0) is 0 Å². The van der Waals surface area contributed by atoms with E-state index in [2.05, 4.69) is 31.3 Å². The molecule has 0 atom stereocenters. The fourth-order valence-electron chi connectivity index (χ4n) is 2.18. The summed E-state index contributed by atoms with van der Waals surface area (Å²) < 4.78 is 11.1. The first-order chi connectivity index (χ1) is 10.2. The summed E-state index contributed by atoms with van der Waals surface area (Å²) in [6.07, 6.45) is 0. The van der Waals surface area contributed by atoms with Gasteiger partial charge < -0.3 is 14.8 Å². The highest BCUT2D eigenvalue weighted by Crippen LogP contribution is 2.25. The molecule has 1 N–H and O–H groups in total. The van der Waals surface area contributed by atoms with Gasteiger partial charge in [-0.1, -0.05) is 38.1 Å². The van der Waals surface area contributed by atoms with Crippen molar-refractivity contribution in [2.45, 2.75) is 19.8 Å². The van der Waals surface area contributed by atoms with Crippen LogP contribution in [0.2, 0.25) is 0 Å². The van der Waals surface area contributed by atoms with Crippen LogP contribution < -0.4 is 14.8 Å². The zero-order valence-corrected chi connectivity index (χ0v) is 12.9. The monoisotopic (exact) mass is 285 g/mol. The zero-order chi connectivity index (χ0) is 15.1. The second-order valence-electron chi connectivity index (χ2n) is 5.20. The number of ether oxygens (including phenoxy) is 2. The Hall–Kier alpha value is -2.16. The third-order valence-electron chi connectivity index (χ3n) is 3.30. The molecule has 0 bridgehead atoms. The highest BCUT2D eigenvalue weighted by atomic mass is 16.5. The molecule has 0 aromatic heterocycles. The van der Waals surface area contributed by atoms with E-state index in [1.54, 1.807) is 7.11 Å². The van der Waals surface area contributed by atoms with Crippen molar-refractivity contribution in [2.24, 2.45) is 0 Å². The molecule has 0 saturated heterocycles. The minimum atomic E-state index is 0.465. The molecule has 0 unspecified atom stereocenters. The molecule has 0 fully saturated rings. The van der Waals surface area contributed by atoms with Gasteiger partial charge in [0, 0.05) is 18.3 Å². The Morgan fingerprint density at radius 1 is 1.05 bits per heavy atom. The minimum Gasteiger partial charge on any atom is -0.497 e. The maximum Gasteiger partial charge on any atom is 0.122 e. The number of hydrogen-bond donors (Lipinski definition) is 1. The van der Waals surface area contributed by atoms with E-state index in [4.69, 9.17) is 9.47 Å². The summed E-state index contributed by atoms with van der Waals surface area (Å²) in [6, 6.07) is 16.1. The van der Waals surface area contributed by atoms with Crippen molar-refractivity contribution >= 4 is 5.69 Å². The van der Waals surface area contributed by atoms with Crippen LogP contribution in [0.1, 0.15) is 25.3 Å². The van der Waals surface area contributed by atoms with Gasteiger partial charge in [-0.2, -0.15) is 0 Å².